The maximum atomic E-state index is 11.3. The summed E-state index contributed by atoms with van der Waals surface area (Å²) in [5.74, 6) is -0.539. The highest BCUT2D eigenvalue weighted by atomic mass is 16.5. The Morgan fingerprint density at radius 3 is 3.00 bits per heavy atom. The zero-order valence-electron chi connectivity index (χ0n) is 10.2. The van der Waals surface area contributed by atoms with Crippen LogP contribution >= 0.6 is 0 Å². The molecule has 1 aromatic rings. The summed E-state index contributed by atoms with van der Waals surface area (Å²) in [4.78, 5) is 17.1. The molecular weight excluding hydrogens is 218 g/mol. The summed E-state index contributed by atoms with van der Waals surface area (Å²) < 4.78 is 4.60. The van der Waals surface area contributed by atoms with Gasteiger partial charge in [0, 0.05) is 25.5 Å². The molecule has 1 rings (SSSR count). The zero-order valence-corrected chi connectivity index (χ0v) is 10.2. The molecule has 0 aromatic carbocycles. The Hall–Kier alpha value is -2.09. The van der Waals surface area contributed by atoms with Crippen molar-refractivity contribution in [1.29, 1.82) is 5.26 Å². The van der Waals surface area contributed by atoms with E-state index in [4.69, 9.17) is 5.26 Å². The van der Waals surface area contributed by atoms with Gasteiger partial charge < -0.3 is 9.64 Å². The fourth-order valence-electron chi connectivity index (χ4n) is 1.43. The van der Waals surface area contributed by atoms with Gasteiger partial charge in [-0.1, -0.05) is 0 Å². The van der Waals surface area contributed by atoms with E-state index >= 15 is 0 Å². The van der Waals surface area contributed by atoms with Crippen LogP contribution in [0.1, 0.15) is 17.4 Å². The maximum absolute atomic E-state index is 11.3. The van der Waals surface area contributed by atoms with E-state index in [0.29, 0.717) is 6.54 Å². The van der Waals surface area contributed by atoms with Gasteiger partial charge >= 0.3 is 5.97 Å². The highest BCUT2D eigenvalue weighted by Crippen LogP contribution is 2.14. The lowest BCUT2D eigenvalue weighted by atomic mass is 10.2. The number of pyridine rings is 1. The molecule has 1 atom stereocenters. The van der Waals surface area contributed by atoms with Crippen molar-refractivity contribution in [2.24, 2.45) is 5.92 Å². The molecule has 0 saturated heterocycles. The Bertz CT molecular complexity index is 440. The smallest absolute Gasteiger partial charge is 0.356 e. The fraction of sp³-hybridized carbons (Fsp3) is 0.417. The molecule has 0 aliphatic heterocycles. The number of carbonyl (C=O) groups excluding carboxylic acids is 1. The summed E-state index contributed by atoms with van der Waals surface area (Å²) in [6.45, 7) is 2.44. The molecule has 5 heteroatoms. The first-order valence-electron chi connectivity index (χ1n) is 5.23. The lowest BCUT2D eigenvalue weighted by Gasteiger charge is -2.20. The number of hydrogen-bond acceptors (Lipinski definition) is 5. The monoisotopic (exact) mass is 233 g/mol. The third-order valence-corrected chi connectivity index (χ3v) is 2.35. The van der Waals surface area contributed by atoms with Crippen molar-refractivity contribution in [1.82, 2.24) is 4.98 Å². The quantitative estimate of drug-likeness (QED) is 0.736. The van der Waals surface area contributed by atoms with Gasteiger partial charge in [0.1, 0.15) is 5.69 Å². The van der Waals surface area contributed by atoms with E-state index in [0.717, 1.165) is 5.69 Å². The highest BCUT2D eigenvalue weighted by Gasteiger charge is 2.11. The van der Waals surface area contributed by atoms with Crippen LogP contribution in [0, 0.1) is 17.2 Å². The van der Waals surface area contributed by atoms with E-state index < -0.39 is 5.97 Å². The highest BCUT2D eigenvalue weighted by molar-refractivity contribution is 5.88. The van der Waals surface area contributed by atoms with Crippen molar-refractivity contribution in [3.05, 3.63) is 24.0 Å². The Kier molecular flexibility index (Phi) is 4.46. The van der Waals surface area contributed by atoms with E-state index in [1.807, 2.05) is 18.9 Å². The van der Waals surface area contributed by atoms with Crippen LogP contribution in [-0.2, 0) is 4.74 Å². The number of rotatable bonds is 4. The van der Waals surface area contributed by atoms with Gasteiger partial charge in [-0.05, 0) is 19.1 Å². The number of nitriles is 1. The molecule has 0 fully saturated rings. The second-order valence-corrected chi connectivity index (χ2v) is 3.80. The summed E-state index contributed by atoms with van der Waals surface area (Å²) in [6, 6.07) is 5.60. The molecule has 1 heterocycles. The SMILES string of the molecule is COC(=O)c1cc(N(C)CC(C)C#N)ccn1. The summed E-state index contributed by atoms with van der Waals surface area (Å²) in [5.41, 5.74) is 1.10. The minimum absolute atomic E-state index is 0.0743. The van der Waals surface area contributed by atoms with Crippen LogP contribution in [0.4, 0.5) is 5.69 Å². The number of ether oxygens (including phenoxy) is 1. The van der Waals surface area contributed by atoms with Crippen molar-refractivity contribution >= 4 is 11.7 Å². The molecule has 1 aromatic heterocycles. The standard InChI is InChI=1S/C12H15N3O2/c1-9(7-13)8-15(2)10-4-5-14-11(6-10)12(16)17-3/h4-6,9H,8H2,1-3H3. The molecule has 1 unspecified atom stereocenters. The lowest BCUT2D eigenvalue weighted by molar-refractivity contribution is 0.0594. The lowest BCUT2D eigenvalue weighted by Crippen LogP contribution is -2.23. The minimum atomic E-state index is -0.464. The Balaban J connectivity index is 2.85. The second-order valence-electron chi connectivity index (χ2n) is 3.80. The largest absolute Gasteiger partial charge is 0.464 e. The number of methoxy groups -OCH3 is 1. The van der Waals surface area contributed by atoms with Crippen molar-refractivity contribution in [2.45, 2.75) is 6.92 Å². The van der Waals surface area contributed by atoms with E-state index in [2.05, 4.69) is 15.8 Å². The molecule has 17 heavy (non-hydrogen) atoms. The molecule has 0 radical (unpaired) electrons. The average Bonchev–Trinajstić information content (AvgIpc) is 2.37. The minimum Gasteiger partial charge on any atom is -0.464 e. The van der Waals surface area contributed by atoms with Crippen LogP contribution < -0.4 is 4.90 Å². The molecule has 0 spiro atoms. The molecule has 90 valence electrons. The van der Waals surface area contributed by atoms with Crippen LogP contribution in [0.3, 0.4) is 0 Å². The first kappa shape index (κ1) is 13.0. The topological polar surface area (TPSA) is 66.2 Å². The van der Waals surface area contributed by atoms with E-state index in [1.165, 1.54) is 7.11 Å². The molecule has 5 nitrogen and oxygen atoms in total. The van der Waals surface area contributed by atoms with Gasteiger partial charge in [-0.25, -0.2) is 9.78 Å². The van der Waals surface area contributed by atoms with Crippen LogP contribution in [0.2, 0.25) is 0 Å². The van der Waals surface area contributed by atoms with Crippen LogP contribution in [0.15, 0.2) is 18.3 Å². The Morgan fingerprint density at radius 1 is 1.71 bits per heavy atom. The number of nitrogens with zero attached hydrogens (tertiary/aromatic N) is 3. The molecule has 0 N–H and O–H groups in total. The molecule has 0 saturated carbocycles. The van der Waals surface area contributed by atoms with E-state index in [1.54, 1.807) is 18.3 Å². The van der Waals surface area contributed by atoms with Gasteiger partial charge in [-0.3, -0.25) is 0 Å². The molecular formula is C12H15N3O2. The fourth-order valence-corrected chi connectivity index (χ4v) is 1.43. The van der Waals surface area contributed by atoms with Gasteiger partial charge in [-0.2, -0.15) is 5.26 Å². The average molecular weight is 233 g/mol. The maximum Gasteiger partial charge on any atom is 0.356 e. The van der Waals surface area contributed by atoms with Crippen molar-refractivity contribution < 1.29 is 9.53 Å². The number of hydrogen-bond donors (Lipinski definition) is 0. The van der Waals surface area contributed by atoms with Crippen molar-refractivity contribution in [2.75, 3.05) is 25.6 Å². The number of aromatic nitrogens is 1. The summed E-state index contributed by atoms with van der Waals surface area (Å²) in [6.07, 6.45) is 1.55. The van der Waals surface area contributed by atoms with E-state index in [-0.39, 0.29) is 11.6 Å². The molecule has 0 aliphatic rings. The van der Waals surface area contributed by atoms with Gasteiger partial charge in [0.25, 0.3) is 0 Å². The van der Waals surface area contributed by atoms with E-state index in [9.17, 15) is 4.79 Å². The number of carbonyl (C=O) groups is 1. The zero-order chi connectivity index (χ0) is 12.8. The van der Waals surface area contributed by atoms with Crippen molar-refractivity contribution in [3.8, 4) is 6.07 Å². The summed E-state index contributed by atoms with van der Waals surface area (Å²) >= 11 is 0. The van der Waals surface area contributed by atoms with Crippen LogP contribution in [0.5, 0.6) is 0 Å². The summed E-state index contributed by atoms with van der Waals surface area (Å²) in [7, 11) is 3.18. The van der Waals surface area contributed by atoms with Gasteiger partial charge in [0.05, 0.1) is 19.1 Å². The first-order valence-corrected chi connectivity index (χ1v) is 5.23. The third kappa shape index (κ3) is 3.45. The first-order chi connectivity index (χ1) is 8.08. The normalized spacial score (nSPS) is 11.4. The summed E-state index contributed by atoms with van der Waals surface area (Å²) in [5, 5.41) is 8.75. The molecule has 0 amide bonds. The molecule has 0 aliphatic carbocycles. The van der Waals surface area contributed by atoms with Gasteiger partial charge in [0.2, 0.25) is 0 Å². The van der Waals surface area contributed by atoms with Crippen LogP contribution in [-0.4, -0.2) is 31.7 Å². The Labute approximate surface area is 101 Å². The predicted molar refractivity (Wildman–Crippen MR) is 63.6 cm³/mol. The van der Waals surface area contributed by atoms with Crippen LogP contribution in [0.25, 0.3) is 0 Å². The van der Waals surface area contributed by atoms with Crippen molar-refractivity contribution in [3.63, 3.8) is 0 Å². The Morgan fingerprint density at radius 2 is 2.41 bits per heavy atom. The third-order valence-electron chi connectivity index (χ3n) is 2.35. The number of anilines is 1. The second kappa shape index (κ2) is 5.85. The number of esters is 1. The molecule has 0 bridgehead atoms. The predicted octanol–water partition coefficient (Wildman–Crippen LogP) is 1.46. The van der Waals surface area contributed by atoms with Gasteiger partial charge in [0.15, 0.2) is 0 Å². The van der Waals surface area contributed by atoms with Gasteiger partial charge in [-0.15, -0.1) is 0 Å².